The van der Waals surface area contributed by atoms with Crippen molar-refractivity contribution in [3.05, 3.63) is 27.2 Å². The second kappa shape index (κ2) is 11.6. The van der Waals surface area contributed by atoms with Crippen LogP contribution >= 0.6 is 22.9 Å². The summed E-state index contributed by atoms with van der Waals surface area (Å²) in [4.78, 5) is 51.9. The molecule has 36 heavy (non-hydrogen) atoms. The first kappa shape index (κ1) is 26.4. The minimum atomic E-state index is -0.561. The van der Waals surface area contributed by atoms with Crippen molar-refractivity contribution in [1.29, 1.82) is 0 Å². The number of nitrogens with one attached hydrogen (secondary N) is 3. The molecule has 4 rings (SSSR count). The van der Waals surface area contributed by atoms with Gasteiger partial charge in [-0.2, -0.15) is 0 Å². The van der Waals surface area contributed by atoms with E-state index < -0.39 is 5.97 Å². The monoisotopic (exact) mass is 538 g/mol. The van der Waals surface area contributed by atoms with Gasteiger partial charge >= 0.3 is 5.97 Å². The Morgan fingerprint density at radius 2 is 1.89 bits per heavy atom. The van der Waals surface area contributed by atoms with Gasteiger partial charge in [-0.1, -0.05) is 29.9 Å². The second-order valence-corrected chi connectivity index (χ2v) is 9.99. The van der Waals surface area contributed by atoms with Gasteiger partial charge in [0.2, 0.25) is 0 Å². The van der Waals surface area contributed by atoms with Gasteiger partial charge in [0.15, 0.2) is 21.8 Å². The number of esters is 1. The normalized spacial score (nSPS) is 19.7. The van der Waals surface area contributed by atoms with E-state index in [0.717, 1.165) is 24.2 Å². The maximum Gasteiger partial charge on any atom is 0.350 e. The summed E-state index contributed by atoms with van der Waals surface area (Å²) in [6.07, 6.45) is 2.74. The highest BCUT2D eigenvalue weighted by Gasteiger charge is 2.35. The van der Waals surface area contributed by atoms with E-state index in [0.29, 0.717) is 48.5 Å². The first-order valence-electron chi connectivity index (χ1n) is 12.2. The first-order valence-corrected chi connectivity index (χ1v) is 13.4. The predicted molar refractivity (Wildman–Crippen MR) is 135 cm³/mol. The Hall–Kier alpha value is -2.70. The Bertz CT molecular complexity index is 1120. The zero-order valence-corrected chi connectivity index (χ0v) is 22.1. The van der Waals surface area contributed by atoms with Crippen molar-refractivity contribution >= 4 is 45.9 Å². The molecule has 1 saturated heterocycles. The van der Waals surface area contributed by atoms with Gasteiger partial charge in [-0.05, 0) is 39.5 Å². The summed E-state index contributed by atoms with van der Waals surface area (Å²) in [6.45, 7) is 7.17. The molecule has 2 amide bonds. The lowest BCUT2D eigenvalue weighted by Gasteiger charge is -2.38. The largest absolute Gasteiger partial charge is 0.462 e. The number of aromatic amines is 1. The zero-order chi connectivity index (χ0) is 25.8. The van der Waals surface area contributed by atoms with Crippen LogP contribution in [0.25, 0.3) is 0 Å². The van der Waals surface area contributed by atoms with Gasteiger partial charge in [0.1, 0.15) is 4.88 Å². The molecule has 13 heteroatoms. The number of halogens is 1. The molecular weight excluding hydrogens is 508 g/mol. The number of ether oxygens (including phenoxy) is 2. The van der Waals surface area contributed by atoms with Gasteiger partial charge in [0.25, 0.3) is 11.8 Å². The predicted octanol–water partition coefficient (Wildman–Crippen LogP) is 2.56. The molecule has 1 aliphatic heterocycles. The molecule has 0 unspecified atom stereocenters. The summed E-state index contributed by atoms with van der Waals surface area (Å²) in [5.41, 5.74) is 0.797. The molecule has 3 N–H and O–H groups in total. The van der Waals surface area contributed by atoms with Crippen molar-refractivity contribution in [3.8, 4) is 0 Å². The quantitative estimate of drug-likeness (QED) is 0.392. The molecule has 2 fully saturated rings. The summed E-state index contributed by atoms with van der Waals surface area (Å²) in [7, 11) is 0. The van der Waals surface area contributed by atoms with Crippen LogP contribution in [-0.4, -0.2) is 77.2 Å². The van der Waals surface area contributed by atoms with E-state index in [9.17, 15) is 14.4 Å². The summed E-state index contributed by atoms with van der Waals surface area (Å²) < 4.78 is 11.1. The average molecular weight is 539 g/mol. The van der Waals surface area contributed by atoms with Crippen LogP contribution in [0.1, 0.15) is 76.5 Å². The molecule has 3 heterocycles. The van der Waals surface area contributed by atoms with E-state index in [1.165, 1.54) is 0 Å². The van der Waals surface area contributed by atoms with Gasteiger partial charge in [0.05, 0.1) is 24.4 Å². The zero-order valence-electron chi connectivity index (χ0n) is 20.6. The number of piperidine rings is 1. The van der Waals surface area contributed by atoms with Crippen LogP contribution in [0.2, 0.25) is 5.15 Å². The van der Waals surface area contributed by atoms with E-state index in [4.69, 9.17) is 21.1 Å². The van der Waals surface area contributed by atoms with E-state index in [2.05, 4.69) is 25.6 Å². The average Bonchev–Trinajstić information content (AvgIpc) is 3.41. The first-order chi connectivity index (χ1) is 17.3. The van der Waals surface area contributed by atoms with Crippen LogP contribution in [0.4, 0.5) is 5.13 Å². The van der Waals surface area contributed by atoms with Crippen molar-refractivity contribution in [2.75, 3.05) is 31.2 Å². The summed E-state index contributed by atoms with van der Waals surface area (Å²) >= 11 is 7.22. The number of hydrogen-bond donors (Lipinski definition) is 3. The number of aromatic nitrogens is 3. The van der Waals surface area contributed by atoms with E-state index in [-0.39, 0.29) is 53.0 Å². The Kier molecular flexibility index (Phi) is 8.47. The third-order valence-corrected chi connectivity index (χ3v) is 7.44. The molecule has 11 nitrogen and oxygen atoms in total. The number of imidazole rings is 1. The van der Waals surface area contributed by atoms with Gasteiger partial charge in [-0.15, -0.1) is 0 Å². The second-order valence-electron chi connectivity index (χ2n) is 8.66. The Morgan fingerprint density at radius 3 is 2.53 bits per heavy atom. The molecule has 2 aliphatic rings. The van der Waals surface area contributed by atoms with Crippen LogP contribution in [0, 0.1) is 0 Å². The van der Waals surface area contributed by atoms with Crippen molar-refractivity contribution in [2.45, 2.75) is 64.6 Å². The molecule has 0 radical (unpaired) electrons. The molecule has 1 aliphatic carbocycles. The fraction of sp³-hybridized carbons (Fsp3) is 0.609. The van der Waals surface area contributed by atoms with Crippen molar-refractivity contribution in [3.63, 3.8) is 0 Å². The maximum absolute atomic E-state index is 12.8. The number of hydrogen-bond acceptors (Lipinski definition) is 9. The molecule has 0 aromatic carbocycles. The Labute approximate surface area is 218 Å². The molecule has 196 valence electrons. The van der Waals surface area contributed by atoms with Gasteiger partial charge in [-0.3, -0.25) is 9.59 Å². The number of carbonyl (C=O) groups is 3. The molecule has 2 aromatic heterocycles. The molecular formula is C23H31ClN6O5S. The fourth-order valence-electron chi connectivity index (χ4n) is 4.02. The third-order valence-electron chi connectivity index (χ3n) is 6.03. The van der Waals surface area contributed by atoms with Crippen LogP contribution in [0.3, 0.4) is 0 Å². The molecule has 0 bridgehead atoms. The molecule has 1 saturated carbocycles. The van der Waals surface area contributed by atoms with Crippen molar-refractivity contribution in [1.82, 2.24) is 25.6 Å². The fourth-order valence-corrected chi connectivity index (χ4v) is 5.28. The number of nitrogens with zero attached hydrogens (tertiary/aromatic N) is 3. The Balaban J connectivity index is 1.49. The lowest BCUT2D eigenvalue weighted by Crippen LogP contribution is -2.55. The number of anilines is 1. The van der Waals surface area contributed by atoms with Crippen molar-refractivity contribution < 1.29 is 23.9 Å². The number of aryl methyl sites for hydroxylation is 1. The molecule has 2 atom stereocenters. The van der Waals surface area contributed by atoms with Crippen LogP contribution in [0.15, 0.2) is 0 Å². The smallest absolute Gasteiger partial charge is 0.350 e. The highest BCUT2D eigenvalue weighted by atomic mass is 35.5. The van der Waals surface area contributed by atoms with Crippen molar-refractivity contribution in [2.24, 2.45) is 0 Å². The minimum Gasteiger partial charge on any atom is -0.462 e. The third kappa shape index (κ3) is 5.98. The van der Waals surface area contributed by atoms with E-state index in [1.807, 2.05) is 18.7 Å². The topological polar surface area (TPSA) is 139 Å². The lowest BCUT2D eigenvalue weighted by atomic mass is 10.0. The number of rotatable bonds is 10. The van der Waals surface area contributed by atoms with Crippen LogP contribution in [0.5, 0.6) is 0 Å². The number of thiazole rings is 1. The SMILES string of the molecule is CCOC(=O)c1sc(N2CC[C@H](NC(=O)c3nc(Cl)c(CC)[nH]3)[C@H](OCC)C2)nc1C(=O)NC1CC1. The summed E-state index contributed by atoms with van der Waals surface area (Å²) in [5, 5.41) is 6.74. The molecule has 2 aromatic rings. The Morgan fingerprint density at radius 1 is 1.11 bits per heavy atom. The highest BCUT2D eigenvalue weighted by Crippen LogP contribution is 2.31. The van der Waals surface area contributed by atoms with Gasteiger partial charge in [0, 0.05) is 25.7 Å². The van der Waals surface area contributed by atoms with Gasteiger partial charge < -0.3 is 30.0 Å². The van der Waals surface area contributed by atoms with Crippen LogP contribution < -0.4 is 15.5 Å². The highest BCUT2D eigenvalue weighted by molar-refractivity contribution is 7.17. The number of amides is 2. The van der Waals surface area contributed by atoms with E-state index >= 15 is 0 Å². The van der Waals surface area contributed by atoms with Gasteiger partial charge in [-0.25, -0.2) is 14.8 Å². The maximum atomic E-state index is 12.8. The van der Waals surface area contributed by atoms with Crippen LogP contribution in [-0.2, 0) is 15.9 Å². The lowest BCUT2D eigenvalue weighted by molar-refractivity contribution is 0.0271. The minimum absolute atomic E-state index is 0.0881. The standard InChI is InChI=1S/C23H31ClN6O5S/c1-4-13-18(24)29-19(26-13)21(32)27-14-9-10-30(11-15(14)34-5-2)23-28-16(20(31)25-12-7-8-12)17(36-23)22(33)35-6-3/h12,14-15H,4-11H2,1-3H3,(H,25,31)(H,26,29)(H,27,32)/t14-,15+/m0/s1. The summed E-state index contributed by atoms with van der Waals surface area (Å²) in [6, 6.07) is -0.124. The number of H-pyrrole nitrogens is 1. The number of carbonyl (C=O) groups excluding carboxylic acids is 3. The summed E-state index contributed by atoms with van der Waals surface area (Å²) in [5.74, 6) is -1.11. The van der Waals surface area contributed by atoms with E-state index in [1.54, 1.807) is 6.92 Å². The molecule has 0 spiro atoms.